The summed E-state index contributed by atoms with van der Waals surface area (Å²) in [7, 11) is 1.53. The zero-order valence-corrected chi connectivity index (χ0v) is 18.3. The fraction of sp³-hybridized carbons (Fsp3) is 0.292. The van der Waals surface area contributed by atoms with Gasteiger partial charge >= 0.3 is 0 Å². The van der Waals surface area contributed by atoms with Crippen LogP contribution in [-0.2, 0) is 4.79 Å². The molecule has 9 heteroatoms. The third kappa shape index (κ3) is 6.49. The lowest BCUT2D eigenvalue weighted by Crippen LogP contribution is -2.44. The maximum atomic E-state index is 12.9. The van der Waals surface area contributed by atoms with E-state index in [-0.39, 0.29) is 11.6 Å². The Morgan fingerprint density at radius 1 is 1.00 bits per heavy atom. The first-order valence-electron chi connectivity index (χ1n) is 10.9. The second-order valence-electron chi connectivity index (χ2n) is 7.92. The van der Waals surface area contributed by atoms with Crippen molar-refractivity contribution in [1.29, 1.82) is 0 Å². The lowest BCUT2D eigenvalue weighted by atomic mass is 10.1. The van der Waals surface area contributed by atoms with Gasteiger partial charge in [0, 0.05) is 24.1 Å². The number of carbonyl (C=O) groups is 2. The Labute approximate surface area is 192 Å². The second kappa shape index (κ2) is 10.5. The first kappa shape index (κ1) is 22.2. The van der Waals surface area contributed by atoms with E-state index in [0.717, 1.165) is 17.8 Å². The Morgan fingerprint density at radius 2 is 1.76 bits per heavy atom. The van der Waals surface area contributed by atoms with Gasteiger partial charge in [-0.2, -0.15) is 0 Å². The molecule has 1 atom stereocenters. The van der Waals surface area contributed by atoms with Gasteiger partial charge in [0.1, 0.15) is 11.7 Å². The number of amides is 2. The molecule has 1 unspecified atom stereocenters. The van der Waals surface area contributed by atoms with E-state index in [0.29, 0.717) is 23.9 Å². The highest BCUT2D eigenvalue weighted by Gasteiger charge is 2.27. The number of nitrogens with one attached hydrogen (secondary N) is 3. The van der Waals surface area contributed by atoms with Crippen molar-refractivity contribution in [2.45, 2.75) is 31.7 Å². The summed E-state index contributed by atoms with van der Waals surface area (Å²) >= 11 is 0. The molecule has 0 radical (unpaired) electrons. The molecular weight excluding hydrogens is 420 g/mol. The van der Waals surface area contributed by atoms with E-state index >= 15 is 0 Å². The third-order valence-electron chi connectivity index (χ3n) is 5.36. The molecule has 1 aliphatic carbocycles. The third-order valence-corrected chi connectivity index (χ3v) is 5.36. The van der Waals surface area contributed by atoms with Crippen molar-refractivity contribution < 1.29 is 14.3 Å². The molecule has 3 aromatic heterocycles. The van der Waals surface area contributed by atoms with Crippen LogP contribution in [-0.4, -0.2) is 39.9 Å². The van der Waals surface area contributed by atoms with Crippen LogP contribution in [0.1, 0.15) is 36.2 Å². The zero-order chi connectivity index (χ0) is 23.0. The number of nitrogens with zero attached hydrogens (tertiary/aromatic N) is 3. The number of pyridine rings is 3. The molecule has 0 spiro atoms. The molecule has 1 aliphatic rings. The summed E-state index contributed by atoms with van der Waals surface area (Å²) in [5, 5.41) is 8.86. The predicted octanol–water partition coefficient (Wildman–Crippen LogP) is 3.55. The first-order valence-corrected chi connectivity index (χ1v) is 10.9. The summed E-state index contributed by atoms with van der Waals surface area (Å²) in [4.78, 5) is 38.0. The number of aromatic nitrogens is 3. The average Bonchev–Trinajstić information content (AvgIpc) is 3.68. The number of ether oxygens (including phenoxy) is 1. The van der Waals surface area contributed by atoms with Crippen molar-refractivity contribution in [3.8, 4) is 5.88 Å². The van der Waals surface area contributed by atoms with Gasteiger partial charge in [0.25, 0.3) is 5.91 Å². The molecule has 1 fully saturated rings. The number of anilines is 3. The highest BCUT2D eigenvalue weighted by Crippen LogP contribution is 2.34. The first-order chi connectivity index (χ1) is 16.1. The van der Waals surface area contributed by atoms with E-state index in [1.807, 2.05) is 12.1 Å². The van der Waals surface area contributed by atoms with Gasteiger partial charge in [0.15, 0.2) is 0 Å². The molecule has 4 rings (SSSR count). The lowest BCUT2D eigenvalue weighted by Gasteiger charge is -2.18. The maximum absolute atomic E-state index is 12.9. The molecule has 0 aromatic carbocycles. The van der Waals surface area contributed by atoms with Crippen molar-refractivity contribution in [2.75, 3.05) is 17.7 Å². The maximum Gasteiger partial charge on any atom is 0.270 e. The molecule has 3 aromatic rings. The van der Waals surface area contributed by atoms with Crippen molar-refractivity contribution >= 4 is 28.9 Å². The molecule has 170 valence electrons. The van der Waals surface area contributed by atoms with Crippen molar-refractivity contribution in [3.05, 3.63) is 66.9 Å². The van der Waals surface area contributed by atoms with Gasteiger partial charge in [-0.15, -0.1) is 0 Å². The Morgan fingerprint density at radius 3 is 2.39 bits per heavy atom. The Hall–Kier alpha value is -4.01. The normalized spacial score (nSPS) is 13.6. The van der Waals surface area contributed by atoms with Crippen LogP contribution >= 0.6 is 0 Å². The number of carbonyl (C=O) groups excluding carboxylic acids is 2. The molecule has 2 amide bonds. The van der Waals surface area contributed by atoms with Gasteiger partial charge < -0.3 is 20.7 Å². The van der Waals surface area contributed by atoms with Crippen molar-refractivity contribution in [1.82, 2.24) is 20.3 Å². The van der Waals surface area contributed by atoms with Crippen LogP contribution in [0.4, 0.5) is 17.1 Å². The Kier molecular flexibility index (Phi) is 7.09. The minimum absolute atomic E-state index is 0.241. The van der Waals surface area contributed by atoms with E-state index < -0.39 is 11.9 Å². The molecule has 33 heavy (non-hydrogen) atoms. The average molecular weight is 447 g/mol. The quantitative estimate of drug-likeness (QED) is 0.436. The summed E-state index contributed by atoms with van der Waals surface area (Å²) in [6.45, 7) is 0. The van der Waals surface area contributed by atoms with Gasteiger partial charge in [-0.05, 0) is 49.1 Å². The molecule has 0 saturated heterocycles. The Balaban J connectivity index is 1.39. The van der Waals surface area contributed by atoms with Crippen LogP contribution in [0.3, 0.4) is 0 Å². The minimum Gasteiger partial charge on any atom is -0.481 e. The molecule has 0 bridgehead atoms. The van der Waals surface area contributed by atoms with Gasteiger partial charge in [0.05, 0.1) is 30.9 Å². The van der Waals surface area contributed by atoms with E-state index in [2.05, 4.69) is 30.9 Å². The molecule has 0 aliphatic heterocycles. The van der Waals surface area contributed by atoms with Crippen LogP contribution in [0.25, 0.3) is 0 Å². The summed E-state index contributed by atoms with van der Waals surface area (Å²) in [5.74, 6) is 0.414. The zero-order valence-electron chi connectivity index (χ0n) is 18.3. The Bertz CT molecular complexity index is 1070. The fourth-order valence-electron chi connectivity index (χ4n) is 3.32. The SMILES string of the molecule is COc1ccc(NC(=O)C(CCC2CC2)NC(=O)c2ccc(Nc3ccncc3)cn2)cn1. The molecule has 3 N–H and O–H groups in total. The lowest BCUT2D eigenvalue weighted by molar-refractivity contribution is -0.118. The molecular formula is C24H26N6O3. The predicted molar refractivity (Wildman–Crippen MR) is 124 cm³/mol. The van der Waals surface area contributed by atoms with Crippen molar-refractivity contribution in [3.63, 3.8) is 0 Å². The van der Waals surface area contributed by atoms with Gasteiger partial charge in [0.2, 0.25) is 11.8 Å². The topological polar surface area (TPSA) is 118 Å². The van der Waals surface area contributed by atoms with Crippen molar-refractivity contribution in [2.24, 2.45) is 5.92 Å². The fourth-order valence-corrected chi connectivity index (χ4v) is 3.32. The number of hydrogen-bond donors (Lipinski definition) is 3. The number of methoxy groups -OCH3 is 1. The van der Waals surface area contributed by atoms with Crippen LogP contribution in [0.15, 0.2) is 61.2 Å². The van der Waals surface area contributed by atoms with E-state index in [9.17, 15) is 9.59 Å². The standard InChI is InChI=1S/C24H26N6O3/c1-33-22-9-6-19(15-27-22)29-24(32)21(7-4-16-2-3-16)30-23(31)20-8-5-18(14-26-20)28-17-10-12-25-13-11-17/h5-6,8-16,21H,2-4,7H2,1H3,(H,25,28)(H,29,32)(H,30,31). The van der Waals surface area contributed by atoms with Crippen LogP contribution < -0.4 is 20.7 Å². The summed E-state index contributed by atoms with van der Waals surface area (Å²) in [6, 6.07) is 9.77. The van der Waals surface area contributed by atoms with Crippen LogP contribution in [0.2, 0.25) is 0 Å². The monoisotopic (exact) mass is 446 g/mol. The second-order valence-corrected chi connectivity index (χ2v) is 7.92. The molecule has 1 saturated carbocycles. The summed E-state index contributed by atoms with van der Waals surface area (Å²) in [6.07, 6.45) is 10.3. The van der Waals surface area contributed by atoms with E-state index in [1.54, 1.807) is 42.9 Å². The van der Waals surface area contributed by atoms with E-state index in [4.69, 9.17) is 4.74 Å². The minimum atomic E-state index is -0.670. The summed E-state index contributed by atoms with van der Waals surface area (Å²) in [5.41, 5.74) is 2.39. The van der Waals surface area contributed by atoms with E-state index in [1.165, 1.54) is 26.1 Å². The largest absolute Gasteiger partial charge is 0.481 e. The highest BCUT2D eigenvalue weighted by molar-refractivity contribution is 6.00. The van der Waals surface area contributed by atoms with Gasteiger partial charge in [-0.1, -0.05) is 12.8 Å². The summed E-state index contributed by atoms with van der Waals surface area (Å²) < 4.78 is 5.04. The van der Waals surface area contributed by atoms with Gasteiger partial charge in [-0.25, -0.2) is 9.97 Å². The smallest absolute Gasteiger partial charge is 0.270 e. The van der Waals surface area contributed by atoms with Crippen LogP contribution in [0, 0.1) is 5.92 Å². The number of rotatable bonds is 10. The highest BCUT2D eigenvalue weighted by atomic mass is 16.5. The molecule has 9 nitrogen and oxygen atoms in total. The number of hydrogen-bond acceptors (Lipinski definition) is 7. The molecule has 3 heterocycles. The van der Waals surface area contributed by atoms with Crippen LogP contribution in [0.5, 0.6) is 5.88 Å². The van der Waals surface area contributed by atoms with Gasteiger partial charge in [-0.3, -0.25) is 14.6 Å².